The third-order valence-corrected chi connectivity index (χ3v) is 2.99. The summed E-state index contributed by atoms with van der Waals surface area (Å²) in [6, 6.07) is 1.73. The van der Waals surface area contributed by atoms with Gasteiger partial charge in [0.2, 0.25) is 0 Å². The van der Waals surface area contributed by atoms with E-state index < -0.39 is 22.2 Å². The highest BCUT2D eigenvalue weighted by molar-refractivity contribution is 5.63. The molecule has 0 saturated heterocycles. The molecule has 0 heterocycles. The molecule has 0 spiro atoms. The van der Waals surface area contributed by atoms with Gasteiger partial charge in [-0.1, -0.05) is 6.92 Å². The van der Waals surface area contributed by atoms with E-state index in [1.807, 2.05) is 6.92 Å². The molecule has 92 valence electrons. The predicted molar refractivity (Wildman–Crippen MR) is 58.8 cm³/mol. The third kappa shape index (κ3) is 2.20. The number of benzene rings is 1. The lowest BCUT2D eigenvalue weighted by Crippen LogP contribution is -2.34. The van der Waals surface area contributed by atoms with Gasteiger partial charge in [-0.05, 0) is 24.8 Å². The number of nitrogens with one attached hydrogen (secondary N) is 1. The van der Waals surface area contributed by atoms with Gasteiger partial charge < -0.3 is 5.32 Å². The highest BCUT2D eigenvalue weighted by Gasteiger charge is 2.29. The molecule has 0 amide bonds. The number of nitro benzene ring substituents is 1. The van der Waals surface area contributed by atoms with Gasteiger partial charge in [-0.3, -0.25) is 10.1 Å². The second-order valence-corrected chi connectivity index (χ2v) is 4.43. The minimum atomic E-state index is -1.18. The Labute approximate surface area is 96.8 Å². The summed E-state index contributed by atoms with van der Waals surface area (Å²) in [4.78, 5) is 10.00. The Hall–Kier alpha value is -1.72. The second kappa shape index (κ2) is 4.27. The number of anilines is 1. The molecule has 1 aliphatic rings. The average Bonchev–Trinajstić information content (AvgIpc) is 2.22. The summed E-state index contributed by atoms with van der Waals surface area (Å²) in [6.07, 6.45) is 1.63. The van der Waals surface area contributed by atoms with E-state index in [-0.39, 0.29) is 11.7 Å². The van der Waals surface area contributed by atoms with Crippen LogP contribution in [0, 0.1) is 27.7 Å². The maximum Gasteiger partial charge on any atom is 0.295 e. The van der Waals surface area contributed by atoms with E-state index in [0.717, 1.165) is 25.0 Å². The summed E-state index contributed by atoms with van der Waals surface area (Å²) in [5, 5.41) is 13.4. The van der Waals surface area contributed by atoms with Crippen LogP contribution in [0.1, 0.15) is 19.8 Å². The maximum atomic E-state index is 13.5. The van der Waals surface area contributed by atoms with Crippen molar-refractivity contribution in [3.8, 4) is 0 Å². The Morgan fingerprint density at radius 1 is 1.41 bits per heavy atom. The highest BCUT2D eigenvalue weighted by Crippen LogP contribution is 2.35. The smallest absolute Gasteiger partial charge is 0.295 e. The SMILES string of the molecule is CC1CC(Nc2c([N+](=O)[O-])ccc(F)c2F)C1. The van der Waals surface area contributed by atoms with E-state index in [2.05, 4.69) is 5.32 Å². The fraction of sp³-hybridized carbons (Fsp3) is 0.455. The first kappa shape index (κ1) is 11.8. The van der Waals surface area contributed by atoms with Crippen molar-refractivity contribution in [1.29, 1.82) is 0 Å². The molecule has 1 aromatic carbocycles. The summed E-state index contributed by atoms with van der Waals surface area (Å²) >= 11 is 0. The first-order chi connectivity index (χ1) is 7.99. The van der Waals surface area contributed by atoms with Crippen LogP contribution in [-0.4, -0.2) is 11.0 Å². The van der Waals surface area contributed by atoms with Gasteiger partial charge in [0.25, 0.3) is 5.69 Å². The van der Waals surface area contributed by atoms with Crippen LogP contribution in [0.25, 0.3) is 0 Å². The van der Waals surface area contributed by atoms with Crippen molar-refractivity contribution in [3.63, 3.8) is 0 Å². The van der Waals surface area contributed by atoms with Crippen molar-refractivity contribution in [2.45, 2.75) is 25.8 Å². The van der Waals surface area contributed by atoms with E-state index in [9.17, 15) is 18.9 Å². The molecule has 17 heavy (non-hydrogen) atoms. The maximum absolute atomic E-state index is 13.5. The lowest BCUT2D eigenvalue weighted by atomic mass is 9.82. The van der Waals surface area contributed by atoms with E-state index >= 15 is 0 Å². The van der Waals surface area contributed by atoms with Crippen molar-refractivity contribution in [2.24, 2.45) is 5.92 Å². The molecular formula is C11H12F2N2O2. The molecule has 6 heteroatoms. The molecule has 0 bridgehead atoms. The molecule has 0 atom stereocenters. The van der Waals surface area contributed by atoms with Gasteiger partial charge in [-0.15, -0.1) is 0 Å². The Kier molecular flexibility index (Phi) is 2.95. The van der Waals surface area contributed by atoms with E-state index in [1.165, 1.54) is 0 Å². The molecule has 1 fully saturated rings. The van der Waals surface area contributed by atoms with E-state index in [4.69, 9.17) is 0 Å². The van der Waals surface area contributed by atoms with Gasteiger partial charge in [0.15, 0.2) is 17.3 Å². The van der Waals surface area contributed by atoms with Crippen LogP contribution in [0.3, 0.4) is 0 Å². The molecular weight excluding hydrogens is 230 g/mol. The van der Waals surface area contributed by atoms with Crippen molar-refractivity contribution in [1.82, 2.24) is 0 Å². The highest BCUT2D eigenvalue weighted by atomic mass is 19.2. The largest absolute Gasteiger partial charge is 0.374 e. The van der Waals surface area contributed by atoms with Gasteiger partial charge in [0.05, 0.1) is 4.92 Å². The summed E-state index contributed by atoms with van der Waals surface area (Å²) in [5.74, 6) is -1.74. The minimum Gasteiger partial charge on any atom is -0.374 e. The molecule has 4 nitrogen and oxygen atoms in total. The van der Waals surface area contributed by atoms with Crippen LogP contribution >= 0.6 is 0 Å². The second-order valence-electron chi connectivity index (χ2n) is 4.43. The van der Waals surface area contributed by atoms with E-state index in [1.54, 1.807) is 0 Å². The molecule has 1 N–H and O–H groups in total. The van der Waals surface area contributed by atoms with E-state index in [0.29, 0.717) is 5.92 Å². The first-order valence-electron chi connectivity index (χ1n) is 5.38. The third-order valence-electron chi connectivity index (χ3n) is 2.99. The number of rotatable bonds is 3. The Morgan fingerprint density at radius 2 is 2.06 bits per heavy atom. The van der Waals surface area contributed by atoms with Gasteiger partial charge in [-0.25, -0.2) is 8.78 Å². The zero-order valence-corrected chi connectivity index (χ0v) is 9.24. The Bertz CT molecular complexity index is 459. The van der Waals surface area contributed by atoms with Crippen LogP contribution in [0.2, 0.25) is 0 Å². The quantitative estimate of drug-likeness (QED) is 0.654. The monoisotopic (exact) mass is 242 g/mol. The molecule has 0 aliphatic heterocycles. The fourth-order valence-corrected chi connectivity index (χ4v) is 2.05. The number of nitrogens with zero attached hydrogens (tertiary/aromatic N) is 1. The molecule has 1 saturated carbocycles. The molecule has 0 aromatic heterocycles. The molecule has 0 radical (unpaired) electrons. The van der Waals surface area contributed by atoms with Crippen molar-refractivity contribution >= 4 is 11.4 Å². The minimum absolute atomic E-state index is 0.0139. The standard InChI is InChI=1S/C11H12F2N2O2/c1-6-4-7(5-6)14-11-9(15(16)17)3-2-8(12)10(11)13/h2-3,6-7,14H,4-5H2,1H3. The number of nitro groups is 1. The predicted octanol–water partition coefficient (Wildman–Crippen LogP) is 3.08. The molecule has 0 unspecified atom stereocenters. The zero-order valence-electron chi connectivity index (χ0n) is 9.24. The van der Waals surface area contributed by atoms with Gasteiger partial charge >= 0.3 is 0 Å². The van der Waals surface area contributed by atoms with Crippen LogP contribution in [0.5, 0.6) is 0 Å². The van der Waals surface area contributed by atoms with Gasteiger partial charge in [0.1, 0.15) is 0 Å². The normalized spacial score (nSPS) is 23.0. The Balaban J connectivity index is 2.29. The topological polar surface area (TPSA) is 55.2 Å². The summed E-state index contributed by atoms with van der Waals surface area (Å²) in [7, 11) is 0. The fourth-order valence-electron chi connectivity index (χ4n) is 2.05. The number of hydrogen-bond donors (Lipinski definition) is 1. The van der Waals surface area contributed by atoms with Crippen molar-refractivity contribution in [3.05, 3.63) is 33.9 Å². The van der Waals surface area contributed by atoms with Gasteiger partial charge in [-0.2, -0.15) is 0 Å². The zero-order chi connectivity index (χ0) is 12.6. The van der Waals surface area contributed by atoms with Crippen LogP contribution in [0.4, 0.5) is 20.2 Å². The molecule has 2 rings (SSSR count). The van der Waals surface area contributed by atoms with Crippen molar-refractivity contribution < 1.29 is 13.7 Å². The van der Waals surface area contributed by atoms with Crippen LogP contribution in [0.15, 0.2) is 12.1 Å². The van der Waals surface area contributed by atoms with Crippen LogP contribution < -0.4 is 5.32 Å². The summed E-state index contributed by atoms with van der Waals surface area (Å²) < 4.78 is 26.5. The summed E-state index contributed by atoms with van der Waals surface area (Å²) in [6.45, 7) is 2.04. The number of halogens is 2. The lowest BCUT2D eigenvalue weighted by Gasteiger charge is -2.33. The average molecular weight is 242 g/mol. The Morgan fingerprint density at radius 3 is 2.59 bits per heavy atom. The molecule has 1 aliphatic carbocycles. The van der Waals surface area contributed by atoms with Crippen LogP contribution in [-0.2, 0) is 0 Å². The lowest BCUT2D eigenvalue weighted by molar-refractivity contribution is -0.384. The van der Waals surface area contributed by atoms with Crippen molar-refractivity contribution in [2.75, 3.05) is 5.32 Å². The summed E-state index contributed by atoms with van der Waals surface area (Å²) in [5.41, 5.74) is -0.768. The molecule has 1 aromatic rings. The first-order valence-corrected chi connectivity index (χ1v) is 5.38. The number of hydrogen-bond acceptors (Lipinski definition) is 3. The van der Waals surface area contributed by atoms with Gasteiger partial charge in [0, 0.05) is 12.1 Å².